The molecule has 244 valence electrons. The second kappa shape index (κ2) is 11.7. The van der Waals surface area contributed by atoms with Crippen molar-refractivity contribution in [3.63, 3.8) is 0 Å². The smallest absolute Gasteiger partial charge is 0.167 e. The standard InChI is InChI=1S/C46H34N4O/c47-28-33-16-10-19-38-41(33)35-22-20-32(27-39(35)46(38)24-8-3-9-25-46)31-21-23-40-37(26-31)34-17-11-18-36(42(34)51-40)45-49-43(29-12-4-1-5-13-29)48-44(50-45)30-14-6-2-7-15-30/h1-2,4-6,10-14,16-23,26-27H,3,7-9,15,24-25H2. The number of hydrogen-bond acceptors (Lipinski definition) is 5. The Balaban J connectivity index is 1.11. The predicted octanol–water partition coefficient (Wildman–Crippen LogP) is 11.6. The Morgan fingerprint density at radius 2 is 1.45 bits per heavy atom. The first-order valence-corrected chi connectivity index (χ1v) is 18.0. The Kier molecular flexibility index (Phi) is 6.86. The van der Waals surface area contributed by atoms with E-state index in [4.69, 9.17) is 19.4 Å². The highest BCUT2D eigenvalue weighted by Gasteiger charge is 2.44. The fourth-order valence-corrected chi connectivity index (χ4v) is 8.81. The lowest BCUT2D eigenvalue weighted by Gasteiger charge is -2.36. The molecule has 0 N–H and O–H groups in total. The molecule has 3 aliphatic rings. The third kappa shape index (κ3) is 4.71. The topological polar surface area (TPSA) is 75.6 Å². The molecule has 10 rings (SSSR count). The summed E-state index contributed by atoms with van der Waals surface area (Å²) in [5.74, 6) is 1.96. The molecule has 51 heavy (non-hydrogen) atoms. The van der Waals surface area contributed by atoms with E-state index >= 15 is 0 Å². The van der Waals surface area contributed by atoms with Crippen molar-refractivity contribution in [1.82, 2.24) is 15.0 Å². The van der Waals surface area contributed by atoms with Gasteiger partial charge in [-0.05, 0) is 89.4 Å². The molecule has 1 spiro atoms. The number of para-hydroxylation sites is 1. The van der Waals surface area contributed by atoms with Gasteiger partial charge in [0.2, 0.25) is 0 Å². The molecule has 7 aromatic rings. The molecule has 3 aliphatic carbocycles. The van der Waals surface area contributed by atoms with Crippen LogP contribution in [0, 0.1) is 11.3 Å². The Morgan fingerprint density at radius 1 is 0.647 bits per heavy atom. The highest BCUT2D eigenvalue weighted by atomic mass is 16.3. The van der Waals surface area contributed by atoms with Crippen LogP contribution in [0.3, 0.4) is 0 Å². The summed E-state index contributed by atoms with van der Waals surface area (Å²) in [5, 5.41) is 12.2. The van der Waals surface area contributed by atoms with Crippen molar-refractivity contribution in [3.8, 4) is 51.1 Å². The van der Waals surface area contributed by atoms with E-state index in [1.807, 2.05) is 42.5 Å². The van der Waals surface area contributed by atoms with Gasteiger partial charge in [0.1, 0.15) is 11.2 Å². The van der Waals surface area contributed by atoms with Gasteiger partial charge in [-0.1, -0.05) is 110 Å². The molecule has 1 saturated carbocycles. The summed E-state index contributed by atoms with van der Waals surface area (Å²) in [7, 11) is 0. The van der Waals surface area contributed by atoms with Gasteiger partial charge in [-0.25, -0.2) is 15.0 Å². The number of hydrogen-bond donors (Lipinski definition) is 0. The molecule has 2 aromatic heterocycles. The van der Waals surface area contributed by atoms with Crippen LogP contribution in [0.4, 0.5) is 0 Å². The van der Waals surface area contributed by atoms with Crippen LogP contribution in [0.15, 0.2) is 126 Å². The Bertz CT molecular complexity index is 2630. The Labute approximate surface area is 296 Å². The molecule has 0 aliphatic heterocycles. The van der Waals surface area contributed by atoms with E-state index in [1.54, 1.807) is 0 Å². The molecular weight excluding hydrogens is 625 g/mol. The molecule has 0 radical (unpaired) electrons. The predicted molar refractivity (Wildman–Crippen MR) is 204 cm³/mol. The average molecular weight is 659 g/mol. The zero-order valence-corrected chi connectivity index (χ0v) is 28.2. The van der Waals surface area contributed by atoms with Crippen molar-refractivity contribution < 1.29 is 4.42 Å². The van der Waals surface area contributed by atoms with Crippen molar-refractivity contribution >= 4 is 27.5 Å². The van der Waals surface area contributed by atoms with Gasteiger partial charge in [-0.2, -0.15) is 5.26 Å². The van der Waals surface area contributed by atoms with Crippen molar-refractivity contribution in [2.24, 2.45) is 0 Å². The Morgan fingerprint density at radius 3 is 2.29 bits per heavy atom. The largest absolute Gasteiger partial charge is 0.455 e. The van der Waals surface area contributed by atoms with E-state index in [-0.39, 0.29) is 5.41 Å². The summed E-state index contributed by atoms with van der Waals surface area (Å²) < 4.78 is 6.63. The van der Waals surface area contributed by atoms with Gasteiger partial charge >= 0.3 is 0 Å². The van der Waals surface area contributed by atoms with Gasteiger partial charge in [-0.3, -0.25) is 0 Å². The lowest BCUT2D eigenvalue weighted by molar-refractivity contribution is 0.353. The van der Waals surface area contributed by atoms with Crippen LogP contribution in [0.5, 0.6) is 0 Å². The quantitative estimate of drug-likeness (QED) is 0.188. The minimum Gasteiger partial charge on any atom is -0.455 e. The minimum absolute atomic E-state index is 0.0287. The fraction of sp³-hybridized carbons (Fsp3) is 0.174. The molecule has 2 heterocycles. The second-order valence-electron chi connectivity index (χ2n) is 14.1. The number of nitrogens with zero attached hydrogens (tertiary/aromatic N) is 4. The maximum absolute atomic E-state index is 10.1. The van der Waals surface area contributed by atoms with Crippen LogP contribution >= 0.6 is 0 Å². The zero-order valence-electron chi connectivity index (χ0n) is 28.2. The van der Waals surface area contributed by atoms with Crippen molar-refractivity contribution in [2.45, 2.75) is 50.4 Å². The van der Waals surface area contributed by atoms with Crippen LogP contribution in [-0.2, 0) is 5.41 Å². The lowest BCUT2D eigenvalue weighted by Crippen LogP contribution is -2.28. The SMILES string of the molecule is N#Cc1cccc2c1-c1ccc(-c3ccc4oc5c(-c6nc(C7=CC=CCC7)nc(-c7ccccc7)n6)cccc5c4c3)cc1C21CCCCC1. The minimum atomic E-state index is -0.0287. The van der Waals surface area contributed by atoms with E-state index in [2.05, 4.69) is 85.0 Å². The second-order valence-corrected chi connectivity index (χ2v) is 14.1. The van der Waals surface area contributed by atoms with Crippen LogP contribution in [0.2, 0.25) is 0 Å². The van der Waals surface area contributed by atoms with Crippen LogP contribution in [-0.4, -0.2) is 15.0 Å². The van der Waals surface area contributed by atoms with Crippen LogP contribution < -0.4 is 0 Å². The number of furan rings is 1. The molecular formula is C46H34N4O. The highest BCUT2D eigenvalue weighted by molar-refractivity contribution is 6.10. The van der Waals surface area contributed by atoms with Crippen LogP contribution in [0.1, 0.15) is 67.5 Å². The monoisotopic (exact) mass is 658 g/mol. The normalized spacial score (nSPS) is 15.9. The number of nitriles is 1. The van der Waals surface area contributed by atoms with Gasteiger partial charge in [0.15, 0.2) is 17.5 Å². The third-order valence-corrected chi connectivity index (χ3v) is 11.3. The number of fused-ring (bicyclic) bond motifs is 8. The van der Waals surface area contributed by atoms with Crippen molar-refractivity contribution in [2.75, 3.05) is 0 Å². The van der Waals surface area contributed by atoms with Crippen molar-refractivity contribution in [3.05, 3.63) is 144 Å². The molecule has 0 saturated heterocycles. The molecule has 1 fully saturated rings. The van der Waals surface area contributed by atoms with Gasteiger partial charge < -0.3 is 4.42 Å². The maximum atomic E-state index is 10.1. The Hall–Kier alpha value is -6.12. The lowest BCUT2D eigenvalue weighted by atomic mass is 9.67. The van der Waals surface area contributed by atoms with Crippen molar-refractivity contribution in [1.29, 1.82) is 5.26 Å². The maximum Gasteiger partial charge on any atom is 0.167 e. The fourth-order valence-electron chi connectivity index (χ4n) is 8.81. The molecule has 0 atom stereocenters. The first-order valence-electron chi connectivity index (χ1n) is 18.0. The van der Waals surface area contributed by atoms with Gasteiger partial charge in [-0.15, -0.1) is 0 Å². The molecule has 5 heteroatoms. The number of allylic oxidation sites excluding steroid dienone is 4. The first kappa shape index (κ1) is 29.8. The summed E-state index contributed by atoms with van der Waals surface area (Å²) in [6, 6.07) is 38.5. The molecule has 5 nitrogen and oxygen atoms in total. The summed E-state index contributed by atoms with van der Waals surface area (Å²) in [4.78, 5) is 15.0. The van der Waals surface area contributed by atoms with E-state index in [0.717, 1.165) is 81.0 Å². The van der Waals surface area contributed by atoms with E-state index in [9.17, 15) is 5.26 Å². The van der Waals surface area contributed by atoms with Crippen LogP contribution in [0.25, 0.3) is 72.5 Å². The summed E-state index contributed by atoms with van der Waals surface area (Å²) in [6.07, 6.45) is 14.2. The molecule has 0 amide bonds. The highest BCUT2D eigenvalue weighted by Crippen LogP contribution is 2.57. The molecule has 5 aromatic carbocycles. The van der Waals surface area contributed by atoms with Gasteiger partial charge in [0.25, 0.3) is 0 Å². The number of benzene rings is 5. The third-order valence-electron chi connectivity index (χ3n) is 11.3. The van der Waals surface area contributed by atoms with E-state index < -0.39 is 0 Å². The summed E-state index contributed by atoms with van der Waals surface area (Å²) in [5.41, 5.74) is 12.7. The molecule has 0 bridgehead atoms. The molecule has 0 unspecified atom stereocenters. The van der Waals surface area contributed by atoms with Gasteiger partial charge in [0, 0.05) is 27.3 Å². The van der Waals surface area contributed by atoms with E-state index in [1.165, 1.54) is 41.5 Å². The zero-order chi connectivity index (χ0) is 33.9. The number of aromatic nitrogens is 3. The first-order chi connectivity index (χ1) is 25.2. The van der Waals surface area contributed by atoms with E-state index in [0.29, 0.717) is 17.5 Å². The average Bonchev–Trinajstić information content (AvgIpc) is 3.71. The summed E-state index contributed by atoms with van der Waals surface area (Å²) in [6.45, 7) is 0. The van der Waals surface area contributed by atoms with Gasteiger partial charge in [0.05, 0.1) is 17.2 Å². The number of rotatable bonds is 4. The summed E-state index contributed by atoms with van der Waals surface area (Å²) >= 11 is 0.